The largest absolute Gasteiger partial charge is 0.434 e. The van der Waals surface area contributed by atoms with Crippen LogP contribution in [0, 0.1) is 5.92 Å². The Labute approximate surface area is 140 Å². The van der Waals surface area contributed by atoms with E-state index in [4.69, 9.17) is 11.6 Å². The van der Waals surface area contributed by atoms with Crippen molar-refractivity contribution in [1.29, 1.82) is 0 Å². The van der Waals surface area contributed by atoms with E-state index >= 15 is 0 Å². The number of aryl methyl sites for hydroxylation is 1. The lowest BCUT2D eigenvalue weighted by Gasteiger charge is -2.23. The molecule has 2 aromatic heterocycles. The SMILES string of the molecule is O=C(NC[C@H]1CCc2nc(C(F)(F)F)cn2C1)c1ccncc1Cl. The summed E-state index contributed by atoms with van der Waals surface area (Å²) in [5.74, 6) is 0.147. The summed E-state index contributed by atoms with van der Waals surface area (Å²) in [6.45, 7) is 0.749. The number of amides is 1. The average molecular weight is 359 g/mol. The number of carbonyl (C=O) groups excluding carboxylic acids is 1. The number of nitrogens with one attached hydrogen (secondary N) is 1. The van der Waals surface area contributed by atoms with Crippen molar-refractivity contribution in [3.8, 4) is 0 Å². The number of carbonyl (C=O) groups is 1. The third-order valence-electron chi connectivity index (χ3n) is 3.95. The first-order valence-corrected chi connectivity index (χ1v) is 7.73. The number of aromatic nitrogens is 3. The van der Waals surface area contributed by atoms with Crippen LogP contribution in [0.5, 0.6) is 0 Å². The summed E-state index contributed by atoms with van der Waals surface area (Å²) in [4.78, 5) is 19.5. The molecule has 9 heteroatoms. The van der Waals surface area contributed by atoms with Gasteiger partial charge in [-0.3, -0.25) is 9.78 Å². The fraction of sp³-hybridized carbons (Fsp3) is 0.400. The van der Waals surface area contributed by atoms with Gasteiger partial charge in [-0.15, -0.1) is 0 Å². The molecule has 24 heavy (non-hydrogen) atoms. The first kappa shape index (κ1) is 16.8. The van der Waals surface area contributed by atoms with Gasteiger partial charge in [0.05, 0.1) is 10.6 Å². The van der Waals surface area contributed by atoms with Gasteiger partial charge in [0.1, 0.15) is 5.82 Å². The lowest BCUT2D eigenvalue weighted by molar-refractivity contribution is -0.141. The number of halogens is 4. The Morgan fingerprint density at radius 1 is 1.46 bits per heavy atom. The molecule has 0 saturated carbocycles. The number of nitrogens with zero attached hydrogens (tertiary/aromatic N) is 3. The predicted molar refractivity (Wildman–Crippen MR) is 80.6 cm³/mol. The summed E-state index contributed by atoms with van der Waals surface area (Å²) in [5, 5.41) is 3.03. The van der Waals surface area contributed by atoms with Gasteiger partial charge in [0.25, 0.3) is 5.91 Å². The second kappa shape index (κ2) is 6.43. The van der Waals surface area contributed by atoms with Crippen LogP contribution >= 0.6 is 11.6 Å². The van der Waals surface area contributed by atoms with Gasteiger partial charge in [-0.2, -0.15) is 13.2 Å². The minimum Gasteiger partial charge on any atom is -0.352 e. The van der Waals surface area contributed by atoms with Crippen molar-refractivity contribution >= 4 is 17.5 Å². The second-order valence-electron chi connectivity index (χ2n) is 5.66. The highest BCUT2D eigenvalue weighted by Gasteiger charge is 2.35. The molecule has 3 heterocycles. The van der Waals surface area contributed by atoms with Crippen LogP contribution < -0.4 is 5.32 Å². The topological polar surface area (TPSA) is 59.8 Å². The smallest absolute Gasteiger partial charge is 0.352 e. The van der Waals surface area contributed by atoms with E-state index in [2.05, 4.69) is 15.3 Å². The molecule has 0 radical (unpaired) electrons. The Hall–Kier alpha value is -2.09. The van der Waals surface area contributed by atoms with Gasteiger partial charge < -0.3 is 9.88 Å². The highest BCUT2D eigenvalue weighted by molar-refractivity contribution is 6.33. The fourth-order valence-corrected chi connectivity index (χ4v) is 2.91. The summed E-state index contributed by atoms with van der Waals surface area (Å²) in [6.07, 6.45) is 0.561. The molecule has 0 saturated heterocycles. The van der Waals surface area contributed by atoms with E-state index in [9.17, 15) is 18.0 Å². The van der Waals surface area contributed by atoms with Crippen LogP contribution in [0.2, 0.25) is 5.02 Å². The Kier molecular flexibility index (Phi) is 4.49. The molecule has 1 N–H and O–H groups in total. The molecule has 0 spiro atoms. The van der Waals surface area contributed by atoms with Gasteiger partial charge in [-0.25, -0.2) is 4.98 Å². The number of pyridine rings is 1. The van der Waals surface area contributed by atoms with E-state index in [0.717, 1.165) is 6.20 Å². The van der Waals surface area contributed by atoms with Crippen LogP contribution in [0.15, 0.2) is 24.7 Å². The van der Waals surface area contributed by atoms with Gasteiger partial charge in [0.15, 0.2) is 5.69 Å². The lowest BCUT2D eigenvalue weighted by atomic mass is 9.99. The van der Waals surface area contributed by atoms with Crippen LogP contribution in [-0.2, 0) is 19.1 Å². The highest BCUT2D eigenvalue weighted by Crippen LogP contribution is 2.30. The number of fused-ring (bicyclic) bond motifs is 1. The molecule has 0 fully saturated rings. The Bertz CT molecular complexity index is 759. The average Bonchev–Trinajstić information content (AvgIpc) is 2.96. The van der Waals surface area contributed by atoms with Crippen LogP contribution in [-0.4, -0.2) is 27.0 Å². The van der Waals surface area contributed by atoms with Gasteiger partial charge in [-0.1, -0.05) is 11.6 Å². The zero-order valence-corrected chi connectivity index (χ0v) is 13.2. The zero-order chi connectivity index (χ0) is 17.3. The van der Waals surface area contributed by atoms with Crippen molar-refractivity contribution in [1.82, 2.24) is 19.9 Å². The standard InChI is InChI=1S/C15H14ClF3N4O/c16-11-6-20-4-3-10(11)14(24)21-5-9-1-2-13-22-12(15(17,18)19)8-23(13)7-9/h3-4,6,8-9H,1-2,5,7H2,(H,21,24)/t9-/m1/s1. The quantitative estimate of drug-likeness (QED) is 0.917. The molecule has 1 amide bonds. The van der Waals surface area contributed by atoms with Crippen molar-refractivity contribution < 1.29 is 18.0 Å². The molecule has 0 unspecified atom stereocenters. The van der Waals surface area contributed by atoms with E-state index in [1.54, 1.807) is 0 Å². The van der Waals surface area contributed by atoms with Crippen LogP contribution in [0.25, 0.3) is 0 Å². The molecule has 3 rings (SSSR count). The molecule has 128 valence electrons. The summed E-state index contributed by atoms with van der Waals surface area (Å²) in [7, 11) is 0. The minimum atomic E-state index is -4.44. The lowest BCUT2D eigenvalue weighted by Crippen LogP contribution is -2.33. The summed E-state index contributed by atoms with van der Waals surface area (Å²) in [6, 6.07) is 1.52. The van der Waals surface area contributed by atoms with Crippen molar-refractivity contribution in [3.05, 3.63) is 46.8 Å². The van der Waals surface area contributed by atoms with E-state index in [1.807, 2.05) is 0 Å². The number of imidazole rings is 1. The molecule has 5 nitrogen and oxygen atoms in total. The predicted octanol–water partition coefficient (Wildman–Crippen LogP) is 2.94. The number of hydrogen-bond donors (Lipinski definition) is 1. The van der Waals surface area contributed by atoms with Gasteiger partial charge in [0, 0.05) is 38.1 Å². The third kappa shape index (κ3) is 3.53. The van der Waals surface area contributed by atoms with E-state index in [0.29, 0.717) is 37.3 Å². The van der Waals surface area contributed by atoms with Crippen LogP contribution in [0.4, 0.5) is 13.2 Å². The first-order chi connectivity index (χ1) is 11.3. The highest BCUT2D eigenvalue weighted by atomic mass is 35.5. The normalized spacial score (nSPS) is 17.4. The van der Waals surface area contributed by atoms with E-state index in [-0.39, 0.29) is 16.8 Å². The Morgan fingerprint density at radius 2 is 2.25 bits per heavy atom. The zero-order valence-electron chi connectivity index (χ0n) is 12.5. The Morgan fingerprint density at radius 3 is 2.96 bits per heavy atom. The minimum absolute atomic E-state index is 0.0392. The maximum atomic E-state index is 12.7. The maximum Gasteiger partial charge on any atom is 0.434 e. The monoisotopic (exact) mass is 358 g/mol. The molecular formula is C15H14ClF3N4O. The molecular weight excluding hydrogens is 345 g/mol. The first-order valence-electron chi connectivity index (χ1n) is 7.35. The summed E-state index contributed by atoms with van der Waals surface area (Å²) >= 11 is 5.91. The summed E-state index contributed by atoms with van der Waals surface area (Å²) < 4.78 is 39.6. The molecule has 0 aliphatic carbocycles. The summed E-state index contributed by atoms with van der Waals surface area (Å²) in [5.41, 5.74) is -0.545. The van der Waals surface area contributed by atoms with Crippen LogP contribution in [0.1, 0.15) is 28.3 Å². The van der Waals surface area contributed by atoms with Gasteiger partial charge in [0.2, 0.25) is 0 Å². The molecule has 1 aliphatic heterocycles. The number of hydrogen-bond acceptors (Lipinski definition) is 3. The molecule has 0 aromatic carbocycles. The number of rotatable bonds is 3. The van der Waals surface area contributed by atoms with Crippen molar-refractivity contribution in [2.24, 2.45) is 5.92 Å². The van der Waals surface area contributed by atoms with E-state index in [1.165, 1.54) is 23.0 Å². The van der Waals surface area contributed by atoms with Crippen molar-refractivity contribution in [2.75, 3.05) is 6.54 Å². The fourth-order valence-electron chi connectivity index (χ4n) is 2.71. The molecule has 1 aliphatic rings. The van der Waals surface area contributed by atoms with Gasteiger partial charge in [-0.05, 0) is 18.4 Å². The van der Waals surface area contributed by atoms with Gasteiger partial charge >= 0.3 is 6.18 Å². The second-order valence-corrected chi connectivity index (χ2v) is 6.07. The molecule has 0 bridgehead atoms. The van der Waals surface area contributed by atoms with E-state index < -0.39 is 11.9 Å². The third-order valence-corrected chi connectivity index (χ3v) is 4.25. The molecule has 1 atom stereocenters. The van der Waals surface area contributed by atoms with Crippen molar-refractivity contribution in [3.63, 3.8) is 0 Å². The number of alkyl halides is 3. The Balaban J connectivity index is 1.61. The van der Waals surface area contributed by atoms with Crippen molar-refractivity contribution in [2.45, 2.75) is 25.6 Å². The molecule has 2 aromatic rings. The maximum absolute atomic E-state index is 12.7. The van der Waals surface area contributed by atoms with Crippen LogP contribution in [0.3, 0.4) is 0 Å².